The van der Waals surface area contributed by atoms with E-state index in [4.69, 9.17) is 10.5 Å². The number of hydrogen-bond donors (Lipinski definition) is 1. The number of benzene rings is 1. The molecule has 2 aromatic heterocycles. The van der Waals surface area contributed by atoms with E-state index < -0.39 is 0 Å². The van der Waals surface area contributed by atoms with Gasteiger partial charge in [-0.25, -0.2) is 9.50 Å². The summed E-state index contributed by atoms with van der Waals surface area (Å²) in [6, 6.07) is 9.92. The predicted molar refractivity (Wildman–Crippen MR) is 77.6 cm³/mol. The molecule has 5 nitrogen and oxygen atoms in total. The third-order valence-corrected chi connectivity index (χ3v) is 3.33. The maximum absolute atomic E-state index is 5.69. The lowest BCUT2D eigenvalue weighted by atomic mass is 10.1. The van der Waals surface area contributed by atoms with Crippen LogP contribution in [-0.2, 0) is 6.54 Å². The Morgan fingerprint density at radius 1 is 1.25 bits per heavy atom. The summed E-state index contributed by atoms with van der Waals surface area (Å²) < 4.78 is 7.06. The summed E-state index contributed by atoms with van der Waals surface area (Å²) in [7, 11) is 1.67. The number of imidazole rings is 1. The fourth-order valence-corrected chi connectivity index (χ4v) is 2.25. The highest BCUT2D eigenvalue weighted by Crippen LogP contribution is 2.25. The van der Waals surface area contributed by atoms with Crippen molar-refractivity contribution in [3.05, 3.63) is 47.8 Å². The van der Waals surface area contributed by atoms with Crippen molar-refractivity contribution in [1.29, 1.82) is 0 Å². The van der Waals surface area contributed by atoms with Gasteiger partial charge in [-0.3, -0.25) is 0 Å². The summed E-state index contributed by atoms with van der Waals surface area (Å²) >= 11 is 0. The topological polar surface area (TPSA) is 65.4 Å². The van der Waals surface area contributed by atoms with Crippen molar-refractivity contribution in [3.8, 4) is 17.0 Å². The number of rotatable bonds is 3. The highest BCUT2D eigenvalue weighted by Gasteiger charge is 2.07. The number of aromatic nitrogens is 3. The van der Waals surface area contributed by atoms with Crippen LogP contribution in [0, 0.1) is 6.92 Å². The molecule has 0 fully saturated rings. The van der Waals surface area contributed by atoms with Gasteiger partial charge in [0.15, 0.2) is 5.65 Å². The molecule has 20 heavy (non-hydrogen) atoms. The van der Waals surface area contributed by atoms with Crippen LogP contribution in [0.2, 0.25) is 0 Å². The standard InChI is InChI=1S/C15H16N4O/c1-10-7-11(3-5-14(10)20-2)13-4-6-15-17-9-12(8-16)19(15)18-13/h3-7,9H,8,16H2,1-2H3. The number of methoxy groups -OCH3 is 1. The first-order valence-corrected chi connectivity index (χ1v) is 6.41. The van der Waals surface area contributed by atoms with Gasteiger partial charge in [-0.2, -0.15) is 5.10 Å². The van der Waals surface area contributed by atoms with Crippen LogP contribution >= 0.6 is 0 Å². The Bertz CT molecular complexity index is 764. The maximum atomic E-state index is 5.69. The highest BCUT2D eigenvalue weighted by molar-refractivity contribution is 5.63. The normalized spacial score (nSPS) is 10.9. The summed E-state index contributed by atoms with van der Waals surface area (Å²) in [6.45, 7) is 2.43. The molecule has 0 atom stereocenters. The smallest absolute Gasteiger partial charge is 0.153 e. The van der Waals surface area contributed by atoms with Gasteiger partial charge < -0.3 is 10.5 Å². The van der Waals surface area contributed by atoms with E-state index in [0.717, 1.165) is 33.9 Å². The number of nitrogens with zero attached hydrogens (tertiary/aromatic N) is 3. The van der Waals surface area contributed by atoms with Crippen LogP contribution in [0.4, 0.5) is 0 Å². The second kappa shape index (κ2) is 4.94. The van der Waals surface area contributed by atoms with Crippen molar-refractivity contribution in [2.75, 3.05) is 7.11 Å². The number of aryl methyl sites for hydroxylation is 1. The third kappa shape index (κ3) is 2.02. The second-order valence-corrected chi connectivity index (χ2v) is 4.63. The van der Waals surface area contributed by atoms with Gasteiger partial charge in [-0.15, -0.1) is 0 Å². The second-order valence-electron chi connectivity index (χ2n) is 4.63. The molecule has 5 heteroatoms. The van der Waals surface area contributed by atoms with Gasteiger partial charge >= 0.3 is 0 Å². The number of ether oxygens (including phenoxy) is 1. The average molecular weight is 268 g/mol. The zero-order chi connectivity index (χ0) is 14.1. The molecule has 3 aromatic rings. The lowest BCUT2D eigenvalue weighted by Crippen LogP contribution is -2.04. The fourth-order valence-electron chi connectivity index (χ4n) is 2.25. The molecule has 3 rings (SSSR count). The van der Waals surface area contributed by atoms with Crippen LogP contribution < -0.4 is 10.5 Å². The zero-order valence-corrected chi connectivity index (χ0v) is 11.5. The maximum Gasteiger partial charge on any atom is 0.153 e. The summed E-state index contributed by atoms with van der Waals surface area (Å²) in [5, 5.41) is 4.61. The van der Waals surface area contributed by atoms with E-state index in [1.54, 1.807) is 17.8 Å². The van der Waals surface area contributed by atoms with E-state index in [2.05, 4.69) is 16.1 Å². The van der Waals surface area contributed by atoms with Crippen LogP contribution in [0.25, 0.3) is 16.9 Å². The van der Waals surface area contributed by atoms with E-state index in [9.17, 15) is 0 Å². The van der Waals surface area contributed by atoms with Crippen LogP contribution in [0.5, 0.6) is 5.75 Å². The van der Waals surface area contributed by atoms with E-state index in [0.29, 0.717) is 6.54 Å². The van der Waals surface area contributed by atoms with E-state index in [1.165, 1.54) is 0 Å². The van der Waals surface area contributed by atoms with E-state index >= 15 is 0 Å². The fraction of sp³-hybridized carbons (Fsp3) is 0.200. The van der Waals surface area contributed by atoms with Crippen molar-refractivity contribution in [1.82, 2.24) is 14.6 Å². The lowest BCUT2D eigenvalue weighted by molar-refractivity contribution is 0.412. The molecule has 0 radical (unpaired) electrons. The van der Waals surface area contributed by atoms with Crippen LogP contribution in [0.15, 0.2) is 36.5 Å². The Labute approximate surface area is 117 Å². The summed E-state index contributed by atoms with van der Waals surface area (Å²) in [5.41, 5.74) is 10.4. The summed E-state index contributed by atoms with van der Waals surface area (Å²) in [4.78, 5) is 4.27. The number of nitrogens with two attached hydrogens (primary N) is 1. The van der Waals surface area contributed by atoms with Crippen molar-refractivity contribution >= 4 is 5.65 Å². The number of hydrogen-bond acceptors (Lipinski definition) is 4. The van der Waals surface area contributed by atoms with Crippen molar-refractivity contribution in [3.63, 3.8) is 0 Å². The van der Waals surface area contributed by atoms with Gasteiger partial charge in [0.25, 0.3) is 0 Å². The first-order chi connectivity index (χ1) is 9.72. The zero-order valence-electron chi connectivity index (χ0n) is 11.5. The molecule has 0 amide bonds. The minimum atomic E-state index is 0.416. The molecule has 0 bridgehead atoms. The molecule has 0 unspecified atom stereocenters. The minimum Gasteiger partial charge on any atom is -0.496 e. The Hall–Kier alpha value is -2.40. The monoisotopic (exact) mass is 268 g/mol. The SMILES string of the molecule is COc1ccc(-c2ccc3ncc(CN)n3n2)cc1C. The molecule has 0 saturated carbocycles. The quantitative estimate of drug-likeness (QED) is 0.790. The third-order valence-electron chi connectivity index (χ3n) is 3.33. The lowest BCUT2D eigenvalue weighted by Gasteiger charge is -2.07. The number of fused-ring (bicyclic) bond motifs is 1. The van der Waals surface area contributed by atoms with Crippen molar-refractivity contribution in [2.45, 2.75) is 13.5 Å². The Morgan fingerprint density at radius 3 is 2.80 bits per heavy atom. The van der Waals surface area contributed by atoms with E-state index in [-0.39, 0.29) is 0 Å². The average Bonchev–Trinajstić information content (AvgIpc) is 2.89. The molecule has 0 spiro atoms. The first kappa shape index (κ1) is 12.6. The Balaban J connectivity index is 2.11. The van der Waals surface area contributed by atoms with Crippen LogP contribution in [0.1, 0.15) is 11.3 Å². The molecular weight excluding hydrogens is 252 g/mol. The Morgan fingerprint density at radius 2 is 2.10 bits per heavy atom. The molecule has 0 aliphatic rings. The van der Waals surface area contributed by atoms with Gasteiger partial charge in [-0.05, 0) is 42.8 Å². The molecular formula is C15H16N4O. The highest BCUT2D eigenvalue weighted by atomic mass is 16.5. The predicted octanol–water partition coefficient (Wildman–Crippen LogP) is 2.17. The molecule has 0 aliphatic heterocycles. The summed E-state index contributed by atoms with van der Waals surface area (Å²) in [5.74, 6) is 0.875. The summed E-state index contributed by atoms with van der Waals surface area (Å²) in [6.07, 6.45) is 1.76. The van der Waals surface area contributed by atoms with Gasteiger partial charge in [0.1, 0.15) is 5.75 Å². The minimum absolute atomic E-state index is 0.416. The molecule has 1 aromatic carbocycles. The van der Waals surface area contributed by atoms with Crippen LogP contribution in [-0.4, -0.2) is 21.7 Å². The van der Waals surface area contributed by atoms with Crippen molar-refractivity contribution in [2.24, 2.45) is 5.73 Å². The van der Waals surface area contributed by atoms with E-state index in [1.807, 2.05) is 31.2 Å². The van der Waals surface area contributed by atoms with Gasteiger partial charge in [0.05, 0.1) is 24.7 Å². The van der Waals surface area contributed by atoms with Crippen molar-refractivity contribution < 1.29 is 4.74 Å². The Kier molecular flexibility index (Phi) is 3.12. The van der Waals surface area contributed by atoms with Gasteiger partial charge in [0.2, 0.25) is 0 Å². The van der Waals surface area contributed by atoms with Crippen LogP contribution in [0.3, 0.4) is 0 Å². The molecule has 2 heterocycles. The van der Waals surface area contributed by atoms with Gasteiger partial charge in [0, 0.05) is 12.1 Å². The molecule has 102 valence electrons. The first-order valence-electron chi connectivity index (χ1n) is 6.41. The van der Waals surface area contributed by atoms with Gasteiger partial charge in [-0.1, -0.05) is 0 Å². The molecule has 0 saturated heterocycles. The molecule has 0 aliphatic carbocycles. The largest absolute Gasteiger partial charge is 0.496 e. The molecule has 2 N–H and O–H groups in total.